The van der Waals surface area contributed by atoms with Crippen LogP contribution in [0.1, 0.15) is 24.7 Å². The van der Waals surface area contributed by atoms with E-state index >= 15 is 0 Å². The highest BCUT2D eigenvalue weighted by Crippen LogP contribution is 2.26. The van der Waals surface area contributed by atoms with E-state index in [9.17, 15) is 0 Å². The molecule has 0 aromatic carbocycles. The van der Waals surface area contributed by atoms with Gasteiger partial charge in [0.25, 0.3) is 0 Å². The van der Waals surface area contributed by atoms with Gasteiger partial charge in [0.15, 0.2) is 0 Å². The Morgan fingerprint density at radius 2 is 2.19 bits per heavy atom. The Labute approximate surface area is 99.4 Å². The topological polar surface area (TPSA) is 51.8 Å². The summed E-state index contributed by atoms with van der Waals surface area (Å²) in [4.78, 5) is 8.88. The van der Waals surface area contributed by atoms with E-state index in [1.165, 1.54) is 0 Å². The molecule has 0 saturated heterocycles. The number of aryl methyl sites for hydroxylation is 1. The van der Waals surface area contributed by atoms with Crippen molar-refractivity contribution in [2.75, 3.05) is 5.73 Å². The summed E-state index contributed by atoms with van der Waals surface area (Å²) >= 11 is 1.67. The lowest BCUT2D eigenvalue weighted by molar-refractivity contribution is 0.836. The van der Waals surface area contributed by atoms with Crippen molar-refractivity contribution in [2.24, 2.45) is 0 Å². The van der Waals surface area contributed by atoms with Gasteiger partial charge in [-0.25, -0.2) is 9.97 Å². The van der Waals surface area contributed by atoms with Crippen LogP contribution in [0, 0.1) is 6.92 Å². The molecule has 4 heteroatoms. The summed E-state index contributed by atoms with van der Waals surface area (Å²) in [7, 11) is 0. The third kappa shape index (κ3) is 2.07. The van der Waals surface area contributed by atoms with Crippen LogP contribution in [0.15, 0.2) is 16.8 Å². The summed E-state index contributed by atoms with van der Waals surface area (Å²) in [6.07, 6.45) is 1.91. The van der Waals surface area contributed by atoms with Gasteiger partial charge < -0.3 is 5.73 Å². The van der Waals surface area contributed by atoms with Gasteiger partial charge in [-0.3, -0.25) is 0 Å². The highest BCUT2D eigenvalue weighted by molar-refractivity contribution is 7.08. The number of nitrogen functional groups attached to an aromatic ring is 1. The molecule has 16 heavy (non-hydrogen) atoms. The number of hydrogen-bond donors (Lipinski definition) is 1. The molecule has 0 atom stereocenters. The molecule has 0 bridgehead atoms. The maximum absolute atomic E-state index is 5.91. The first kappa shape index (κ1) is 11.1. The minimum Gasteiger partial charge on any atom is -0.383 e. The maximum atomic E-state index is 5.91. The fourth-order valence-electron chi connectivity index (χ4n) is 1.60. The summed E-state index contributed by atoms with van der Waals surface area (Å²) in [6.45, 7) is 4.09. The number of rotatable bonds is 3. The standard InChI is InChI=1S/C12H15N3S/c1-3-4-10-14-11(8(2)12(13)15-10)9-5-6-16-7-9/h5-7H,3-4H2,1-2H3,(H2,13,14,15). The number of hydrogen-bond acceptors (Lipinski definition) is 4. The molecule has 2 heterocycles. The van der Waals surface area contributed by atoms with Crippen LogP contribution in [-0.2, 0) is 6.42 Å². The minimum absolute atomic E-state index is 0.597. The Kier molecular flexibility index (Phi) is 3.19. The lowest BCUT2D eigenvalue weighted by atomic mass is 10.1. The van der Waals surface area contributed by atoms with Crippen molar-refractivity contribution in [1.82, 2.24) is 9.97 Å². The zero-order valence-corrected chi connectivity index (χ0v) is 10.3. The molecule has 0 aliphatic rings. The Morgan fingerprint density at radius 3 is 2.81 bits per heavy atom. The summed E-state index contributed by atoms with van der Waals surface area (Å²) in [5.74, 6) is 1.44. The van der Waals surface area contributed by atoms with Crippen LogP contribution in [0.25, 0.3) is 11.3 Å². The van der Waals surface area contributed by atoms with Crippen molar-refractivity contribution >= 4 is 17.2 Å². The Balaban J connectivity index is 2.51. The van der Waals surface area contributed by atoms with E-state index in [2.05, 4.69) is 28.3 Å². The normalized spacial score (nSPS) is 10.6. The van der Waals surface area contributed by atoms with Crippen LogP contribution in [0.4, 0.5) is 5.82 Å². The van der Waals surface area contributed by atoms with Crippen LogP contribution in [0.3, 0.4) is 0 Å². The lowest BCUT2D eigenvalue weighted by Gasteiger charge is -2.08. The molecule has 0 fully saturated rings. The van der Waals surface area contributed by atoms with Crippen molar-refractivity contribution in [3.8, 4) is 11.3 Å². The van der Waals surface area contributed by atoms with Gasteiger partial charge in [-0.1, -0.05) is 6.92 Å². The average Bonchev–Trinajstić information content (AvgIpc) is 2.76. The monoisotopic (exact) mass is 233 g/mol. The molecular formula is C12H15N3S. The zero-order valence-electron chi connectivity index (χ0n) is 9.53. The van der Waals surface area contributed by atoms with Crippen LogP contribution < -0.4 is 5.73 Å². The van der Waals surface area contributed by atoms with Gasteiger partial charge in [-0.2, -0.15) is 11.3 Å². The molecule has 84 valence electrons. The first-order chi connectivity index (χ1) is 7.72. The highest BCUT2D eigenvalue weighted by Gasteiger charge is 2.10. The molecule has 0 unspecified atom stereocenters. The van der Waals surface area contributed by atoms with Gasteiger partial charge in [0.1, 0.15) is 11.6 Å². The largest absolute Gasteiger partial charge is 0.383 e. The molecule has 2 aromatic heterocycles. The van der Waals surface area contributed by atoms with Crippen LogP contribution >= 0.6 is 11.3 Å². The number of nitrogens with two attached hydrogens (primary N) is 1. The van der Waals surface area contributed by atoms with E-state index in [1.807, 2.05) is 12.3 Å². The molecule has 0 aliphatic heterocycles. The molecule has 2 N–H and O–H groups in total. The molecule has 0 aliphatic carbocycles. The van der Waals surface area contributed by atoms with E-state index < -0.39 is 0 Å². The van der Waals surface area contributed by atoms with Gasteiger partial charge in [-0.15, -0.1) is 0 Å². The second kappa shape index (κ2) is 4.61. The predicted octanol–water partition coefficient (Wildman–Crippen LogP) is 3.05. The van der Waals surface area contributed by atoms with Crippen LogP contribution in [0.5, 0.6) is 0 Å². The molecular weight excluding hydrogens is 218 g/mol. The number of thiophene rings is 1. The van der Waals surface area contributed by atoms with Gasteiger partial charge in [0, 0.05) is 22.9 Å². The van der Waals surface area contributed by atoms with E-state index in [-0.39, 0.29) is 0 Å². The molecule has 2 rings (SSSR count). The van der Waals surface area contributed by atoms with Gasteiger partial charge >= 0.3 is 0 Å². The highest BCUT2D eigenvalue weighted by atomic mass is 32.1. The van der Waals surface area contributed by atoms with Gasteiger partial charge in [0.05, 0.1) is 5.69 Å². The van der Waals surface area contributed by atoms with Crippen molar-refractivity contribution in [3.63, 3.8) is 0 Å². The summed E-state index contributed by atoms with van der Waals surface area (Å²) in [5, 5.41) is 4.14. The molecule has 0 amide bonds. The van der Waals surface area contributed by atoms with Crippen molar-refractivity contribution < 1.29 is 0 Å². The maximum Gasteiger partial charge on any atom is 0.131 e. The third-order valence-corrected chi connectivity index (χ3v) is 3.18. The van der Waals surface area contributed by atoms with Crippen LogP contribution in [-0.4, -0.2) is 9.97 Å². The van der Waals surface area contributed by atoms with Crippen LogP contribution in [0.2, 0.25) is 0 Å². The van der Waals surface area contributed by atoms with Crippen molar-refractivity contribution in [3.05, 3.63) is 28.2 Å². The average molecular weight is 233 g/mol. The minimum atomic E-state index is 0.597. The SMILES string of the molecule is CCCc1nc(N)c(C)c(-c2ccsc2)n1. The number of anilines is 1. The van der Waals surface area contributed by atoms with E-state index in [4.69, 9.17) is 5.73 Å². The quantitative estimate of drug-likeness (QED) is 0.886. The van der Waals surface area contributed by atoms with Gasteiger partial charge in [-0.05, 0) is 24.8 Å². The summed E-state index contributed by atoms with van der Waals surface area (Å²) in [5.41, 5.74) is 8.98. The second-order valence-corrected chi connectivity index (χ2v) is 4.54. The first-order valence-electron chi connectivity index (χ1n) is 5.38. The first-order valence-corrected chi connectivity index (χ1v) is 6.32. The summed E-state index contributed by atoms with van der Waals surface area (Å²) < 4.78 is 0. The molecule has 3 nitrogen and oxygen atoms in total. The number of aromatic nitrogens is 2. The summed E-state index contributed by atoms with van der Waals surface area (Å²) in [6, 6.07) is 2.06. The fraction of sp³-hybridized carbons (Fsp3) is 0.333. The van der Waals surface area contributed by atoms with Crippen molar-refractivity contribution in [2.45, 2.75) is 26.7 Å². The Morgan fingerprint density at radius 1 is 1.38 bits per heavy atom. The number of nitrogens with zero attached hydrogens (tertiary/aromatic N) is 2. The smallest absolute Gasteiger partial charge is 0.131 e. The van der Waals surface area contributed by atoms with E-state index in [0.29, 0.717) is 5.82 Å². The molecule has 2 aromatic rings. The molecule has 0 radical (unpaired) electrons. The fourth-order valence-corrected chi connectivity index (χ4v) is 2.24. The zero-order chi connectivity index (χ0) is 11.5. The Hall–Kier alpha value is -1.42. The predicted molar refractivity (Wildman–Crippen MR) is 68.5 cm³/mol. The van der Waals surface area contributed by atoms with Crippen molar-refractivity contribution in [1.29, 1.82) is 0 Å². The molecule has 0 saturated carbocycles. The third-order valence-electron chi connectivity index (χ3n) is 2.50. The lowest BCUT2D eigenvalue weighted by Crippen LogP contribution is -2.04. The molecule has 0 spiro atoms. The second-order valence-electron chi connectivity index (χ2n) is 3.76. The van der Waals surface area contributed by atoms with E-state index in [1.54, 1.807) is 11.3 Å². The van der Waals surface area contributed by atoms with E-state index in [0.717, 1.165) is 35.5 Å². The van der Waals surface area contributed by atoms with Gasteiger partial charge in [0.2, 0.25) is 0 Å². The Bertz CT molecular complexity index is 477.